The van der Waals surface area contributed by atoms with Crippen LogP contribution in [0.2, 0.25) is 0 Å². The molecule has 0 spiro atoms. The summed E-state index contributed by atoms with van der Waals surface area (Å²) in [7, 11) is 3.33. The van der Waals surface area contributed by atoms with E-state index < -0.39 is 0 Å². The van der Waals surface area contributed by atoms with Crippen LogP contribution in [0.5, 0.6) is 5.75 Å². The molecule has 23 heavy (non-hydrogen) atoms. The number of methoxy groups -OCH3 is 1. The molecule has 0 aromatic heterocycles. The number of nitrogens with one attached hydrogen (secondary N) is 1. The maximum absolute atomic E-state index is 13.7. The first-order chi connectivity index (χ1) is 11.0. The summed E-state index contributed by atoms with van der Waals surface area (Å²) in [5.41, 5.74) is 0.822. The third kappa shape index (κ3) is 4.93. The number of amides is 1. The first-order valence-electron chi connectivity index (χ1n) is 8.34. The van der Waals surface area contributed by atoms with Crippen LogP contribution in [0.15, 0.2) is 18.2 Å². The Morgan fingerprint density at radius 3 is 2.70 bits per heavy atom. The van der Waals surface area contributed by atoms with Gasteiger partial charge >= 0.3 is 0 Å². The largest absolute Gasteiger partial charge is 0.494 e. The van der Waals surface area contributed by atoms with Crippen molar-refractivity contribution in [3.8, 4) is 5.75 Å². The van der Waals surface area contributed by atoms with Crippen molar-refractivity contribution in [2.45, 2.75) is 57.7 Å². The van der Waals surface area contributed by atoms with E-state index in [4.69, 9.17) is 4.74 Å². The number of nitrogens with zero attached hydrogens (tertiary/aromatic N) is 1. The average Bonchev–Trinajstić information content (AvgIpc) is 2.55. The van der Waals surface area contributed by atoms with Crippen LogP contribution in [0.3, 0.4) is 0 Å². The Labute approximate surface area is 138 Å². The number of rotatable bonds is 6. The molecular weight excluding hydrogens is 295 g/mol. The smallest absolute Gasteiger partial charge is 0.237 e. The zero-order chi connectivity index (χ0) is 16.8. The molecule has 4 nitrogen and oxygen atoms in total. The minimum absolute atomic E-state index is 0.0494. The molecule has 1 fully saturated rings. The fraction of sp³-hybridized carbons (Fsp3) is 0.611. The van der Waals surface area contributed by atoms with Crippen LogP contribution in [0.1, 0.15) is 44.6 Å². The Kier molecular flexibility index (Phi) is 6.39. The van der Waals surface area contributed by atoms with Gasteiger partial charge in [0.2, 0.25) is 5.91 Å². The van der Waals surface area contributed by atoms with Gasteiger partial charge < -0.3 is 10.1 Å². The summed E-state index contributed by atoms with van der Waals surface area (Å²) < 4.78 is 18.7. The molecule has 1 aromatic rings. The predicted molar refractivity (Wildman–Crippen MR) is 88.9 cm³/mol. The van der Waals surface area contributed by atoms with Gasteiger partial charge in [0.15, 0.2) is 11.6 Å². The molecule has 0 bridgehead atoms. The van der Waals surface area contributed by atoms with Crippen molar-refractivity contribution in [1.82, 2.24) is 10.2 Å². The van der Waals surface area contributed by atoms with Gasteiger partial charge in [-0.2, -0.15) is 0 Å². The van der Waals surface area contributed by atoms with E-state index in [0.717, 1.165) is 18.4 Å². The molecule has 1 amide bonds. The third-order valence-corrected chi connectivity index (χ3v) is 4.64. The number of hydrogen-bond acceptors (Lipinski definition) is 3. The second-order valence-corrected chi connectivity index (χ2v) is 6.40. The van der Waals surface area contributed by atoms with E-state index in [1.807, 2.05) is 24.9 Å². The molecule has 0 heterocycles. The van der Waals surface area contributed by atoms with Crippen LogP contribution < -0.4 is 10.1 Å². The molecule has 0 radical (unpaired) electrons. The van der Waals surface area contributed by atoms with Crippen molar-refractivity contribution >= 4 is 5.91 Å². The lowest BCUT2D eigenvalue weighted by molar-refractivity contribution is -0.126. The summed E-state index contributed by atoms with van der Waals surface area (Å²) in [5, 5.41) is 3.14. The quantitative estimate of drug-likeness (QED) is 0.875. The van der Waals surface area contributed by atoms with Gasteiger partial charge in [-0.3, -0.25) is 9.69 Å². The highest BCUT2D eigenvalue weighted by Gasteiger charge is 2.22. The van der Waals surface area contributed by atoms with E-state index in [1.165, 1.54) is 32.4 Å². The van der Waals surface area contributed by atoms with Crippen LogP contribution in [-0.4, -0.2) is 37.0 Å². The number of hydrogen-bond donors (Lipinski definition) is 1. The molecule has 0 saturated heterocycles. The van der Waals surface area contributed by atoms with Crippen LogP contribution in [-0.2, 0) is 11.3 Å². The molecule has 1 aliphatic rings. The van der Waals surface area contributed by atoms with Gasteiger partial charge in [0.25, 0.3) is 0 Å². The molecule has 2 rings (SSSR count). The van der Waals surface area contributed by atoms with E-state index >= 15 is 0 Å². The molecule has 1 saturated carbocycles. The standard InChI is InChI=1S/C18H27FN2O2/c1-13(18(22)20-15-7-5-4-6-8-15)21(2)12-14-9-10-17(23-3)16(19)11-14/h9-11,13,15H,4-8,12H2,1-3H3,(H,20,22). The lowest BCUT2D eigenvalue weighted by Gasteiger charge is -2.28. The summed E-state index contributed by atoms with van der Waals surface area (Å²) in [6.07, 6.45) is 5.81. The minimum atomic E-state index is -0.377. The number of likely N-dealkylation sites (N-methyl/N-ethyl adjacent to an activating group) is 1. The van der Waals surface area contributed by atoms with Gasteiger partial charge in [-0.15, -0.1) is 0 Å². The third-order valence-electron chi connectivity index (χ3n) is 4.64. The number of carbonyl (C=O) groups excluding carboxylic acids is 1. The summed E-state index contributed by atoms with van der Waals surface area (Å²) in [5.74, 6) is -0.0920. The summed E-state index contributed by atoms with van der Waals surface area (Å²) in [6, 6.07) is 4.96. The lowest BCUT2D eigenvalue weighted by atomic mass is 9.95. The summed E-state index contributed by atoms with van der Waals surface area (Å²) >= 11 is 0. The fourth-order valence-corrected chi connectivity index (χ4v) is 3.00. The SMILES string of the molecule is COc1ccc(CN(C)C(C)C(=O)NC2CCCCC2)cc1F. The highest BCUT2D eigenvalue weighted by molar-refractivity contribution is 5.81. The van der Waals surface area contributed by atoms with Gasteiger partial charge in [-0.1, -0.05) is 25.3 Å². The second kappa shape index (κ2) is 8.29. The highest BCUT2D eigenvalue weighted by Crippen LogP contribution is 2.20. The Morgan fingerprint density at radius 1 is 1.39 bits per heavy atom. The van der Waals surface area contributed by atoms with E-state index in [-0.39, 0.29) is 23.5 Å². The molecule has 1 atom stereocenters. The van der Waals surface area contributed by atoms with Crippen molar-refractivity contribution in [3.63, 3.8) is 0 Å². The van der Waals surface area contributed by atoms with Crippen LogP contribution in [0.25, 0.3) is 0 Å². The van der Waals surface area contributed by atoms with Crippen molar-refractivity contribution in [2.24, 2.45) is 0 Å². The molecule has 1 unspecified atom stereocenters. The molecule has 1 N–H and O–H groups in total. The lowest BCUT2D eigenvalue weighted by Crippen LogP contribution is -2.47. The maximum atomic E-state index is 13.7. The fourth-order valence-electron chi connectivity index (χ4n) is 3.00. The van der Waals surface area contributed by atoms with Gasteiger partial charge in [-0.25, -0.2) is 4.39 Å². The Balaban J connectivity index is 1.89. The monoisotopic (exact) mass is 322 g/mol. The summed E-state index contributed by atoms with van der Waals surface area (Å²) in [4.78, 5) is 14.3. The van der Waals surface area contributed by atoms with Crippen LogP contribution in [0, 0.1) is 5.82 Å². The Hall–Kier alpha value is -1.62. The van der Waals surface area contributed by atoms with Crippen molar-refractivity contribution in [2.75, 3.05) is 14.2 Å². The topological polar surface area (TPSA) is 41.6 Å². The number of benzene rings is 1. The first kappa shape index (κ1) is 17.7. The van der Waals surface area contributed by atoms with Gasteiger partial charge in [0.05, 0.1) is 13.2 Å². The molecule has 5 heteroatoms. The average molecular weight is 322 g/mol. The van der Waals surface area contributed by atoms with Gasteiger partial charge in [0.1, 0.15) is 0 Å². The molecular formula is C18H27FN2O2. The minimum Gasteiger partial charge on any atom is -0.494 e. The number of ether oxygens (including phenoxy) is 1. The second-order valence-electron chi connectivity index (χ2n) is 6.40. The van der Waals surface area contributed by atoms with E-state index in [2.05, 4.69) is 5.32 Å². The first-order valence-corrected chi connectivity index (χ1v) is 8.34. The zero-order valence-corrected chi connectivity index (χ0v) is 14.3. The normalized spacial score (nSPS) is 17.1. The van der Waals surface area contributed by atoms with E-state index in [0.29, 0.717) is 12.6 Å². The Bertz CT molecular complexity index is 530. The van der Waals surface area contributed by atoms with Gasteiger partial charge in [-0.05, 0) is 44.5 Å². The van der Waals surface area contributed by atoms with Crippen molar-refractivity contribution in [1.29, 1.82) is 0 Å². The molecule has 128 valence electrons. The van der Waals surface area contributed by atoms with Gasteiger partial charge in [0, 0.05) is 12.6 Å². The van der Waals surface area contributed by atoms with E-state index in [1.54, 1.807) is 6.07 Å². The van der Waals surface area contributed by atoms with Crippen molar-refractivity contribution in [3.05, 3.63) is 29.6 Å². The predicted octanol–water partition coefficient (Wildman–Crippen LogP) is 3.10. The van der Waals surface area contributed by atoms with E-state index in [9.17, 15) is 9.18 Å². The maximum Gasteiger partial charge on any atom is 0.237 e. The van der Waals surface area contributed by atoms with Crippen LogP contribution in [0.4, 0.5) is 4.39 Å². The van der Waals surface area contributed by atoms with Crippen molar-refractivity contribution < 1.29 is 13.9 Å². The number of carbonyl (C=O) groups is 1. The summed E-state index contributed by atoms with van der Waals surface area (Å²) in [6.45, 7) is 2.40. The Morgan fingerprint density at radius 2 is 2.09 bits per heavy atom. The molecule has 1 aromatic carbocycles. The number of halogens is 1. The molecule has 1 aliphatic carbocycles. The highest BCUT2D eigenvalue weighted by atomic mass is 19.1. The zero-order valence-electron chi connectivity index (χ0n) is 14.3. The molecule has 0 aliphatic heterocycles. The van der Waals surface area contributed by atoms with Crippen LogP contribution >= 0.6 is 0 Å².